The van der Waals surface area contributed by atoms with Gasteiger partial charge < -0.3 is 4.74 Å². The molecule has 28 heavy (non-hydrogen) atoms. The van der Waals surface area contributed by atoms with E-state index in [0.29, 0.717) is 11.5 Å². The molecule has 0 aliphatic heterocycles. The Hall–Kier alpha value is -0.300. The average molecular weight is 391 g/mol. The van der Waals surface area contributed by atoms with Gasteiger partial charge in [0.1, 0.15) is 0 Å². The molecule has 2 aliphatic rings. The van der Waals surface area contributed by atoms with Crippen LogP contribution in [-0.4, -0.2) is 12.7 Å². The van der Waals surface area contributed by atoms with E-state index < -0.39 is 0 Å². The van der Waals surface area contributed by atoms with Crippen molar-refractivity contribution < 1.29 is 4.74 Å². The number of hydrogen-bond acceptors (Lipinski definition) is 1. The van der Waals surface area contributed by atoms with E-state index in [4.69, 9.17) is 4.74 Å². The number of allylic oxidation sites excluding steroid dienone is 1. The molecule has 2 saturated carbocycles. The smallest absolute Gasteiger partial charge is 0.0651 e. The molecule has 0 aromatic rings. The van der Waals surface area contributed by atoms with Gasteiger partial charge in [-0.15, -0.1) is 0 Å². The molecule has 2 aliphatic carbocycles. The number of hydrogen-bond donors (Lipinski definition) is 0. The van der Waals surface area contributed by atoms with E-state index in [1.807, 2.05) is 0 Å². The summed E-state index contributed by atoms with van der Waals surface area (Å²) in [5.41, 5.74) is 0.477. The first-order valence-electron chi connectivity index (χ1n) is 13.0. The summed E-state index contributed by atoms with van der Waals surface area (Å²) in [5.74, 6) is 1.87. The van der Waals surface area contributed by atoms with Crippen molar-refractivity contribution in [2.45, 2.75) is 136 Å². The van der Waals surface area contributed by atoms with Crippen LogP contribution in [0.2, 0.25) is 0 Å². The van der Waals surface area contributed by atoms with E-state index in [2.05, 4.69) is 32.9 Å². The Kier molecular flexibility index (Phi) is 11.8. The van der Waals surface area contributed by atoms with E-state index in [1.54, 1.807) is 0 Å². The van der Waals surface area contributed by atoms with Crippen LogP contribution in [0.1, 0.15) is 130 Å². The standard InChI is InChI=1S/C27H50O/c1-4-7-9-15-24-16-18-26(19-17-24)28-23-12-22-27(20-10-8-11-21-27)25(13-5-2)14-6-3/h12,22,24-26H,4-11,13-21,23H2,1-3H3/b22-12+. The highest BCUT2D eigenvalue weighted by Gasteiger charge is 2.36. The second kappa shape index (κ2) is 13.8. The molecule has 0 heterocycles. The molecule has 0 spiro atoms. The van der Waals surface area contributed by atoms with Gasteiger partial charge in [-0.25, -0.2) is 0 Å². The maximum absolute atomic E-state index is 6.31. The van der Waals surface area contributed by atoms with Crippen LogP contribution < -0.4 is 0 Å². The number of rotatable bonds is 13. The van der Waals surface area contributed by atoms with Crippen LogP contribution in [0.4, 0.5) is 0 Å². The molecule has 0 saturated heterocycles. The SMILES string of the molecule is CCCCCC1CCC(OC/C=C/C2(C(CCC)CCC)CCCCC2)CC1. The molecular formula is C27H50O. The zero-order valence-electron chi connectivity index (χ0n) is 19.5. The highest BCUT2D eigenvalue weighted by atomic mass is 16.5. The minimum atomic E-state index is 0.477. The number of ether oxygens (including phenoxy) is 1. The van der Waals surface area contributed by atoms with Crippen LogP contribution in [0.5, 0.6) is 0 Å². The Morgan fingerprint density at radius 3 is 2.14 bits per heavy atom. The summed E-state index contributed by atoms with van der Waals surface area (Å²) >= 11 is 0. The molecule has 0 bridgehead atoms. The van der Waals surface area contributed by atoms with Gasteiger partial charge in [0, 0.05) is 0 Å². The molecule has 0 unspecified atom stereocenters. The van der Waals surface area contributed by atoms with E-state index in [1.165, 1.54) is 109 Å². The predicted octanol–water partition coefficient (Wildman–Crippen LogP) is 8.87. The van der Waals surface area contributed by atoms with Gasteiger partial charge in [0.15, 0.2) is 0 Å². The van der Waals surface area contributed by atoms with Crippen molar-refractivity contribution >= 4 is 0 Å². The fourth-order valence-corrected chi connectivity index (χ4v) is 6.08. The molecule has 0 radical (unpaired) electrons. The van der Waals surface area contributed by atoms with Gasteiger partial charge in [-0.1, -0.05) is 90.7 Å². The maximum atomic E-state index is 6.31. The van der Waals surface area contributed by atoms with E-state index in [-0.39, 0.29) is 0 Å². The summed E-state index contributed by atoms with van der Waals surface area (Å²) in [5, 5.41) is 0. The summed E-state index contributed by atoms with van der Waals surface area (Å²) in [6.07, 6.45) is 29.2. The van der Waals surface area contributed by atoms with Crippen molar-refractivity contribution in [3.05, 3.63) is 12.2 Å². The van der Waals surface area contributed by atoms with Crippen molar-refractivity contribution in [3.63, 3.8) is 0 Å². The molecule has 0 N–H and O–H groups in total. The maximum Gasteiger partial charge on any atom is 0.0651 e. The molecule has 0 aromatic heterocycles. The first kappa shape index (κ1) is 24.0. The lowest BCUT2D eigenvalue weighted by Gasteiger charge is -2.42. The Labute approximate surface area is 177 Å². The average Bonchev–Trinajstić information content (AvgIpc) is 2.73. The zero-order valence-corrected chi connectivity index (χ0v) is 19.5. The van der Waals surface area contributed by atoms with Crippen LogP contribution in [0.3, 0.4) is 0 Å². The first-order valence-corrected chi connectivity index (χ1v) is 13.0. The van der Waals surface area contributed by atoms with Gasteiger partial charge in [-0.3, -0.25) is 0 Å². The molecular weight excluding hydrogens is 340 g/mol. The minimum absolute atomic E-state index is 0.477. The van der Waals surface area contributed by atoms with E-state index in [9.17, 15) is 0 Å². The lowest BCUT2D eigenvalue weighted by molar-refractivity contribution is 0.0325. The monoisotopic (exact) mass is 390 g/mol. The van der Waals surface area contributed by atoms with Crippen molar-refractivity contribution in [3.8, 4) is 0 Å². The summed E-state index contributed by atoms with van der Waals surface area (Å²) in [6.45, 7) is 7.88. The Morgan fingerprint density at radius 2 is 1.54 bits per heavy atom. The van der Waals surface area contributed by atoms with Crippen LogP contribution in [-0.2, 0) is 4.74 Å². The molecule has 1 heteroatoms. The van der Waals surface area contributed by atoms with Crippen LogP contribution >= 0.6 is 0 Å². The van der Waals surface area contributed by atoms with E-state index >= 15 is 0 Å². The Bertz CT molecular complexity index is 392. The molecule has 0 amide bonds. The lowest BCUT2D eigenvalue weighted by Crippen LogP contribution is -2.31. The van der Waals surface area contributed by atoms with Crippen LogP contribution in [0.15, 0.2) is 12.2 Å². The van der Waals surface area contributed by atoms with Crippen molar-refractivity contribution in [2.75, 3.05) is 6.61 Å². The zero-order chi connectivity index (χ0) is 20.1. The molecule has 0 atom stereocenters. The normalized spacial score (nSPS) is 25.6. The van der Waals surface area contributed by atoms with Gasteiger partial charge in [-0.05, 0) is 68.6 Å². The summed E-state index contributed by atoms with van der Waals surface area (Å²) in [6, 6.07) is 0. The Balaban J connectivity index is 1.77. The summed E-state index contributed by atoms with van der Waals surface area (Å²) in [7, 11) is 0. The largest absolute Gasteiger partial charge is 0.374 e. The first-order chi connectivity index (χ1) is 13.7. The summed E-state index contributed by atoms with van der Waals surface area (Å²) in [4.78, 5) is 0. The Morgan fingerprint density at radius 1 is 0.857 bits per heavy atom. The van der Waals surface area contributed by atoms with Crippen LogP contribution in [0.25, 0.3) is 0 Å². The van der Waals surface area contributed by atoms with Gasteiger partial charge in [-0.2, -0.15) is 0 Å². The van der Waals surface area contributed by atoms with Gasteiger partial charge in [0.2, 0.25) is 0 Å². The van der Waals surface area contributed by atoms with Gasteiger partial charge >= 0.3 is 0 Å². The number of unbranched alkanes of at least 4 members (excludes halogenated alkanes) is 2. The third kappa shape index (κ3) is 7.85. The predicted molar refractivity (Wildman–Crippen MR) is 124 cm³/mol. The highest BCUT2D eigenvalue weighted by molar-refractivity contribution is 5.05. The fourth-order valence-electron chi connectivity index (χ4n) is 6.08. The molecule has 1 nitrogen and oxygen atoms in total. The quantitative estimate of drug-likeness (QED) is 0.225. The molecule has 2 rings (SSSR count). The van der Waals surface area contributed by atoms with Crippen molar-refractivity contribution in [1.82, 2.24) is 0 Å². The van der Waals surface area contributed by atoms with Gasteiger partial charge in [0.25, 0.3) is 0 Å². The lowest BCUT2D eigenvalue weighted by atomic mass is 9.63. The minimum Gasteiger partial charge on any atom is -0.374 e. The topological polar surface area (TPSA) is 9.23 Å². The summed E-state index contributed by atoms with van der Waals surface area (Å²) < 4.78 is 6.31. The second-order valence-electron chi connectivity index (χ2n) is 9.94. The second-order valence-corrected chi connectivity index (χ2v) is 9.94. The third-order valence-electron chi connectivity index (χ3n) is 7.76. The fraction of sp³-hybridized carbons (Fsp3) is 0.926. The van der Waals surface area contributed by atoms with Crippen molar-refractivity contribution in [2.24, 2.45) is 17.3 Å². The highest BCUT2D eigenvalue weighted by Crippen LogP contribution is 2.47. The molecule has 164 valence electrons. The van der Waals surface area contributed by atoms with Gasteiger partial charge in [0.05, 0.1) is 12.7 Å². The third-order valence-corrected chi connectivity index (χ3v) is 7.76. The molecule has 2 fully saturated rings. The van der Waals surface area contributed by atoms with E-state index in [0.717, 1.165) is 18.4 Å². The van der Waals surface area contributed by atoms with Crippen molar-refractivity contribution in [1.29, 1.82) is 0 Å². The van der Waals surface area contributed by atoms with Crippen LogP contribution in [0, 0.1) is 17.3 Å². The molecule has 0 aromatic carbocycles.